The molecule has 1 aliphatic heterocycles. The van der Waals surface area contributed by atoms with Gasteiger partial charge in [-0.25, -0.2) is 0 Å². The lowest BCUT2D eigenvalue weighted by atomic mass is 10.0. The molecule has 0 saturated carbocycles. The summed E-state index contributed by atoms with van der Waals surface area (Å²) < 4.78 is 0.954. The topological polar surface area (TPSA) is 59.6 Å². The van der Waals surface area contributed by atoms with Crippen LogP contribution in [0.1, 0.15) is 11.6 Å². The van der Waals surface area contributed by atoms with E-state index in [4.69, 9.17) is 23.2 Å². The first-order chi connectivity index (χ1) is 13.4. The van der Waals surface area contributed by atoms with E-state index in [-0.39, 0.29) is 0 Å². The number of H-pyrrole nitrogens is 1. The average Bonchev–Trinajstić information content (AvgIpc) is 3.07. The van der Waals surface area contributed by atoms with Crippen molar-refractivity contribution in [3.8, 4) is 0 Å². The number of aliphatic carboxylic acids is 1. The maximum atomic E-state index is 12.1. The number of aromatic nitrogens is 1. The summed E-state index contributed by atoms with van der Waals surface area (Å²) >= 11 is 15.6. The molecular weight excluding hydrogens is 465 g/mol. The largest absolute Gasteiger partial charge is 0.480 e. The Kier molecular flexibility index (Phi) is 5.56. The van der Waals surface area contributed by atoms with E-state index < -0.39 is 12.0 Å². The average molecular weight is 483 g/mol. The Balaban J connectivity index is 1.55. The fourth-order valence-corrected chi connectivity index (χ4v) is 4.41. The number of hydrogen-bond donors (Lipinski definition) is 2. The fourth-order valence-electron chi connectivity index (χ4n) is 3.75. The van der Waals surface area contributed by atoms with E-state index >= 15 is 0 Å². The van der Waals surface area contributed by atoms with Crippen LogP contribution in [-0.4, -0.2) is 47.1 Å². The van der Waals surface area contributed by atoms with Gasteiger partial charge >= 0.3 is 5.97 Å². The lowest BCUT2D eigenvalue weighted by Gasteiger charge is -2.38. The Bertz CT molecular complexity index is 1030. The molecule has 8 heteroatoms. The summed E-state index contributed by atoms with van der Waals surface area (Å²) in [5.74, 6) is -0.841. The number of aromatic amines is 1. The van der Waals surface area contributed by atoms with E-state index in [1.807, 2.05) is 35.2 Å². The van der Waals surface area contributed by atoms with Crippen LogP contribution in [0, 0.1) is 0 Å². The van der Waals surface area contributed by atoms with Crippen LogP contribution < -0.4 is 4.90 Å². The van der Waals surface area contributed by atoms with E-state index in [9.17, 15) is 9.90 Å². The van der Waals surface area contributed by atoms with Crippen LogP contribution in [0.25, 0.3) is 10.9 Å². The maximum absolute atomic E-state index is 12.1. The third kappa shape index (κ3) is 3.74. The lowest BCUT2D eigenvalue weighted by molar-refractivity contribution is -0.143. The maximum Gasteiger partial charge on any atom is 0.325 e. The minimum absolute atomic E-state index is 0.523. The number of carbonyl (C=O) groups is 1. The Morgan fingerprint density at radius 1 is 1.07 bits per heavy atom. The third-order valence-electron chi connectivity index (χ3n) is 5.15. The highest BCUT2D eigenvalue weighted by Crippen LogP contribution is 2.32. The van der Waals surface area contributed by atoms with Crippen LogP contribution in [0.15, 0.2) is 47.1 Å². The number of carboxylic acid groups (broad SMARTS) is 1. The standard InChI is InChI=1S/C20H18BrCl2N3O2/c21-12-1-3-14-15(11-24-18(14)9-12)19(20(27)28)26-7-5-25(6-8-26)13-2-4-16(22)17(23)10-13/h1-4,9-11,19,24H,5-8H2,(H,27,28)/t19-/m0/s1. The molecule has 1 saturated heterocycles. The molecular formula is C20H18BrCl2N3O2. The van der Waals surface area contributed by atoms with E-state index in [1.165, 1.54) is 0 Å². The van der Waals surface area contributed by atoms with Crippen LogP contribution in [0.5, 0.6) is 0 Å². The summed E-state index contributed by atoms with van der Waals surface area (Å²) in [6.45, 7) is 2.71. The van der Waals surface area contributed by atoms with Gasteiger partial charge in [0.2, 0.25) is 0 Å². The number of fused-ring (bicyclic) bond motifs is 1. The molecule has 146 valence electrons. The zero-order chi connectivity index (χ0) is 19.8. The van der Waals surface area contributed by atoms with Crippen molar-refractivity contribution in [1.29, 1.82) is 0 Å². The van der Waals surface area contributed by atoms with Crippen molar-refractivity contribution in [2.45, 2.75) is 6.04 Å². The van der Waals surface area contributed by atoms with Crippen LogP contribution in [-0.2, 0) is 4.79 Å². The smallest absolute Gasteiger partial charge is 0.325 e. The molecule has 1 aliphatic rings. The van der Waals surface area contributed by atoms with Crippen LogP contribution in [0.4, 0.5) is 5.69 Å². The Hall–Kier alpha value is -1.73. The Morgan fingerprint density at radius 2 is 1.82 bits per heavy atom. The highest BCUT2D eigenvalue weighted by molar-refractivity contribution is 9.10. The molecule has 28 heavy (non-hydrogen) atoms. The van der Waals surface area contributed by atoms with Gasteiger partial charge in [-0.05, 0) is 30.3 Å². The number of nitrogens with zero attached hydrogens (tertiary/aromatic N) is 2. The van der Waals surface area contributed by atoms with Crippen molar-refractivity contribution in [1.82, 2.24) is 9.88 Å². The highest BCUT2D eigenvalue weighted by atomic mass is 79.9. The van der Waals surface area contributed by atoms with Crippen molar-refractivity contribution in [3.05, 3.63) is 62.7 Å². The summed E-state index contributed by atoms with van der Waals surface area (Å²) in [6, 6.07) is 10.7. The molecule has 1 fully saturated rings. The van der Waals surface area contributed by atoms with E-state index in [0.29, 0.717) is 23.1 Å². The monoisotopic (exact) mass is 481 g/mol. The van der Waals surface area contributed by atoms with Gasteiger partial charge in [0.25, 0.3) is 0 Å². The second kappa shape index (κ2) is 7.95. The SMILES string of the molecule is O=C(O)[C@H](c1c[nH]c2cc(Br)ccc12)N1CCN(c2ccc(Cl)c(Cl)c2)CC1. The summed E-state index contributed by atoms with van der Waals surface area (Å²) in [7, 11) is 0. The van der Waals surface area contributed by atoms with Gasteiger partial charge in [0.15, 0.2) is 0 Å². The molecule has 5 nitrogen and oxygen atoms in total. The third-order valence-corrected chi connectivity index (χ3v) is 6.38. The first kappa shape index (κ1) is 19.6. The summed E-state index contributed by atoms with van der Waals surface area (Å²) in [5, 5.41) is 11.9. The lowest BCUT2D eigenvalue weighted by Crippen LogP contribution is -2.49. The molecule has 0 amide bonds. The van der Waals surface area contributed by atoms with Crippen LogP contribution in [0.2, 0.25) is 10.0 Å². The van der Waals surface area contributed by atoms with Gasteiger partial charge in [-0.1, -0.05) is 45.2 Å². The number of piperazine rings is 1. The molecule has 2 aromatic carbocycles. The molecule has 1 aromatic heterocycles. The second-order valence-corrected chi connectivity index (χ2v) is 8.53. The van der Waals surface area contributed by atoms with Gasteiger partial charge in [-0.2, -0.15) is 0 Å². The first-order valence-corrected chi connectivity index (χ1v) is 10.4. The van der Waals surface area contributed by atoms with Crippen molar-refractivity contribution in [3.63, 3.8) is 0 Å². The molecule has 4 rings (SSSR count). The molecule has 2 N–H and O–H groups in total. The molecule has 2 heterocycles. The first-order valence-electron chi connectivity index (χ1n) is 8.87. The van der Waals surface area contributed by atoms with Crippen molar-refractivity contribution in [2.24, 2.45) is 0 Å². The molecule has 3 aromatic rings. The molecule has 1 atom stereocenters. The van der Waals surface area contributed by atoms with Gasteiger partial charge in [0, 0.05) is 59.0 Å². The number of rotatable bonds is 4. The van der Waals surface area contributed by atoms with Crippen LogP contribution >= 0.6 is 39.1 Å². The molecule has 0 bridgehead atoms. The van der Waals surface area contributed by atoms with Gasteiger partial charge in [-0.3, -0.25) is 9.69 Å². The van der Waals surface area contributed by atoms with Crippen molar-refractivity contribution < 1.29 is 9.90 Å². The van der Waals surface area contributed by atoms with Gasteiger partial charge in [0.1, 0.15) is 6.04 Å². The predicted molar refractivity (Wildman–Crippen MR) is 117 cm³/mol. The van der Waals surface area contributed by atoms with E-state index in [0.717, 1.165) is 39.7 Å². The second-order valence-electron chi connectivity index (χ2n) is 6.80. The number of carboxylic acids is 1. The highest BCUT2D eigenvalue weighted by Gasteiger charge is 2.32. The Morgan fingerprint density at radius 3 is 2.50 bits per heavy atom. The molecule has 0 aliphatic carbocycles. The number of halogens is 3. The zero-order valence-electron chi connectivity index (χ0n) is 14.8. The minimum atomic E-state index is -0.841. The summed E-state index contributed by atoms with van der Waals surface area (Å²) in [4.78, 5) is 19.5. The quantitative estimate of drug-likeness (QED) is 0.537. The van der Waals surface area contributed by atoms with Gasteiger partial charge in [0.05, 0.1) is 10.0 Å². The van der Waals surface area contributed by atoms with E-state index in [1.54, 1.807) is 12.3 Å². The normalized spacial score (nSPS) is 16.5. The minimum Gasteiger partial charge on any atom is -0.480 e. The fraction of sp³-hybridized carbons (Fsp3) is 0.250. The van der Waals surface area contributed by atoms with Crippen LogP contribution in [0.3, 0.4) is 0 Å². The zero-order valence-corrected chi connectivity index (χ0v) is 17.9. The number of nitrogens with one attached hydrogen (secondary N) is 1. The molecule has 0 radical (unpaired) electrons. The number of hydrogen-bond acceptors (Lipinski definition) is 3. The molecule has 0 unspecified atom stereocenters. The summed E-state index contributed by atoms with van der Waals surface area (Å²) in [5.41, 5.74) is 2.71. The summed E-state index contributed by atoms with van der Waals surface area (Å²) in [6.07, 6.45) is 1.81. The van der Waals surface area contributed by atoms with Gasteiger partial charge in [-0.15, -0.1) is 0 Å². The predicted octanol–water partition coefficient (Wildman–Crippen LogP) is 5.19. The number of benzene rings is 2. The van der Waals surface area contributed by atoms with E-state index in [2.05, 4.69) is 25.8 Å². The van der Waals surface area contributed by atoms with Crippen molar-refractivity contribution in [2.75, 3.05) is 31.1 Å². The van der Waals surface area contributed by atoms with Crippen molar-refractivity contribution >= 4 is 61.7 Å². The molecule has 0 spiro atoms. The Labute approximate surface area is 181 Å². The van der Waals surface area contributed by atoms with Gasteiger partial charge < -0.3 is 15.0 Å². The number of anilines is 1.